The average Bonchev–Trinajstić information content (AvgIpc) is 2.55. The summed E-state index contributed by atoms with van der Waals surface area (Å²) in [6, 6.07) is 1.31. The molecule has 0 aliphatic carbocycles. The van der Waals surface area contributed by atoms with Crippen molar-refractivity contribution in [3.63, 3.8) is 0 Å². The number of hydrogen-bond acceptors (Lipinski definition) is 5. The number of fused-ring (bicyclic) bond motifs is 6. The lowest BCUT2D eigenvalue weighted by atomic mass is 9.95. The summed E-state index contributed by atoms with van der Waals surface area (Å²) in [4.78, 5) is 24.6. The van der Waals surface area contributed by atoms with Crippen LogP contribution in [0.4, 0.5) is 4.39 Å². The summed E-state index contributed by atoms with van der Waals surface area (Å²) in [6.45, 7) is 7.02. The van der Waals surface area contributed by atoms with Crippen LogP contribution < -0.4 is 15.8 Å². The van der Waals surface area contributed by atoms with Gasteiger partial charge in [0.2, 0.25) is 5.82 Å². The van der Waals surface area contributed by atoms with Gasteiger partial charge in [-0.2, -0.15) is 4.39 Å². The van der Waals surface area contributed by atoms with Gasteiger partial charge in [0.15, 0.2) is 16.6 Å². The largest absolute Gasteiger partial charge is 0.482 e. The number of hydrogen-bond donors (Lipinski definition) is 0. The van der Waals surface area contributed by atoms with Crippen molar-refractivity contribution in [1.29, 1.82) is 0 Å². The second-order valence-electron chi connectivity index (χ2n) is 6.86. The van der Waals surface area contributed by atoms with Crippen LogP contribution >= 0.6 is 0 Å². The molecule has 1 aliphatic rings. The summed E-state index contributed by atoms with van der Waals surface area (Å²) in [5.74, 6) is -0.280. The number of aryl methyl sites for hydroxylation is 2. The zero-order valence-corrected chi connectivity index (χ0v) is 14.8. The molecule has 0 saturated heterocycles. The summed E-state index contributed by atoms with van der Waals surface area (Å²) in [5, 5.41) is 0.359. The summed E-state index contributed by atoms with van der Waals surface area (Å²) < 4.78 is 31.5. The molecular weight excluding hydrogens is 339 g/mol. The maximum absolute atomic E-state index is 14.5. The van der Waals surface area contributed by atoms with Crippen LogP contribution in [-0.2, 0) is 6.42 Å². The Bertz CT molecular complexity index is 1230. The lowest BCUT2D eigenvalue weighted by Crippen LogP contribution is -2.28. The number of ether oxygens (including phenoxy) is 1. The Morgan fingerprint density at radius 2 is 1.88 bits per heavy atom. The van der Waals surface area contributed by atoms with E-state index in [9.17, 15) is 14.0 Å². The highest BCUT2D eigenvalue weighted by Gasteiger charge is 2.31. The van der Waals surface area contributed by atoms with E-state index < -0.39 is 17.0 Å². The van der Waals surface area contributed by atoms with E-state index in [1.165, 1.54) is 6.07 Å². The predicted molar refractivity (Wildman–Crippen MR) is 94.2 cm³/mol. The summed E-state index contributed by atoms with van der Waals surface area (Å²) >= 11 is 0. The van der Waals surface area contributed by atoms with E-state index in [0.29, 0.717) is 17.1 Å². The third kappa shape index (κ3) is 2.21. The molecule has 0 bridgehead atoms. The number of halogens is 1. The van der Waals surface area contributed by atoms with E-state index in [2.05, 4.69) is 6.08 Å². The molecule has 1 radical (unpaired) electrons. The van der Waals surface area contributed by atoms with Gasteiger partial charge in [-0.15, -0.1) is 0 Å². The van der Waals surface area contributed by atoms with Crippen LogP contribution in [0, 0.1) is 18.8 Å². The van der Waals surface area contributed by atoms with Crippen LogP contribution in [0.5, 0.6) is 5.75 Å². The van der Waals surface area contributed by atoms with Gasteiger partial charge < -0.3 is 13.6 Å². The highest BCUT2D eigenvalue weighted by atomic mass is 19.1. The monoisotopic (exact) mass is 355 g/mol. The molecule has 133 valence electrons. The van der Waals surface area contributed by atoms with Crippen molar-refractivity contribution < 1.29 is 18.0 Å². The maximum atomic E-state index is 14.5. The van der Waals surface area contributed by atoms with Gasteiger partial charge in [-0.25, -0.2) is 4.79 Å². The lowest BCUT2D eigenvalue weighted by molar-refractivity contribution is 0.158. The molecular formula is C20H16FO5. The minimum Gasteiger partial charge on any atom is -0.482 e. The molecule has 2 aromatic heterocycles. The molecule has 5 nitrogen and oxygen atoms in total. The Hall–Kier alpha value is -2.89. The normalized spacial score (nSPS) is 15.3. The van der Waals surface area contributed by atoms with E-state index >= 15 is 0 Å². The molecule has 0 spiro atoms. The summed E-state index contributed by atoms with van der Waals surface area (Å²) in [6.07, 6.45) is 5.05. The van der Waals surface area contributed by atoms with Gasteiger partial charge in [0, 0.05) is 11.6 Å². The third-order valence-electron chi connectivity index (χ3n) is 4.43. The maximum Gasteiger partial charge on any atom is 0.372 e. The molecule has 6 heteroatoms. The molecule has 0 saturated carbocycles. The highest BCUT2D eigenvalue weighted by molar-refractivity contribution is 6.08. The quantitative estimate of drug-likeness (QED) is 0.491. The van der Waals surface area contributed by atoms with Gasteiger partial charge in [-0.3, -0.25) is 4.79 Å². The van der Waals surface area contributed by atoms with Crippen molar-refractivity contribution in [3.8, 4) is 5.75 Å². The Kier molecular flexibility index (Phi) is 3.38. The Labute approximate surface area is 147 Å². The van der Waals surface area contributed by atoms with Crippen molar-refractivity contribution in [2.45, 2.75) is 39.7 Å². The molecule has 1 aromatic carbocycles. The predicted octanol–water partition coefficient (Wildman–Crippen LogP) is 3.79. The SMILES string of the molecule is CCc1c(F)c(=O)oc2c1c1c(c3oc(C)cc(=O)c32)[C]=CC(C)(C)O1. The van der Waals surface area contributed by atoms with Crippen LogP contribution in [0.3, 0.4) is 0 Å². The molecule has 0 unspecified atom stereocenters. The van der Waals surface area contributed by atoms with Crippen molar-refractivity contribution in [1.82, 2.24) is 0 Å². The molecule has 3 heterocycles. The molecule has 3 aromatic rings. The van der Waals surface area contributed by atoms with Crippen molar-refractivity contribution in [2.24, 2.45) is 0 Å². The van der Waals surface area contributed by atoms with Gasteiger partial charge in [0.1, 0.15) is 22.5 Å². The zero-order chi connectivity index (χ0) is 18.8. The van der Waals surface area contributed by atoms with E-state index in [0.717, 1.165) is 0 Å². The van der Waals surface area contributed by atoms with Gasteiger partial charge in [0.25, 0.3) is 0 Å². The number of benzene rings is 1. The summed E-state index contributed by atoms with van der Waals surface area (Å²) in [5.41, 5.74) is -1.44. The summed E-state index contributed by atoms with van der Waals surface area (Å²) in [7, 11) is 0. The smallest absolute Gasteiger partial charge is 0.372 e. The first-order valence-corrected chi connectivity index (χ1v) is 8.29. The molecule has 1 aliphatic heterocycles. The first kappa shape index (κ1) is 16.6. The molecule has 0 fully saturated rings. The fraction of sp³-hybridized carbons (Fsp3) is 0.300. The van der Waals surface area contributed by atoms with Gasteiger partial charge in [0.05, 0.1) is 10.9 Å². The van der Waals surface area contributed by atoms with Crippen molar-refractivity contribution in [2.75, 3.05) is 0 Å². The second kappa shape index (κ2) is 5.30. The fourth-order valence-corrected chi connectivity index (χ4v) is 3.31. The minimum atomic E-state index is -1.12. The van der Waals surface area contributed by atoms with Crippen LogP contribution in [0.2, 0.25) is 0 Å². The fourth-order valence-electron chi connectivity index (χ4n) is 3.31. The number of rotatable bonds is 1. The van der Waals surface area contributed by atoms with E-state index in [-0.39, 0.29) is 39.4 Å². The van der Waals surface area contributed by atoms with Crippen molar-refractivity contribution >= 4 is 21.9 Å². The minimum absolute atomic E-state index is 0.0183. The van der Waals surface area contributed by atoms with Gasteiger partial charge in [-0.1, -0.05) is 6.92 Å². The van der Waals surface area contributed by atoms with Crippen LogP contribution in [-0.4, -0.2) is 5.60 Å². The Balaban J connectivity index is 2.38. The molecule has 0 N–H and O–H groups in total. The molecule has 4 rings (SSSR count). The van der Waals surface area contributed by atoms with E-state index in [1.807, 2.05) is 13.8 Å². The van der Waals surface area contributed by atoms with Gasteiger partial charge in [-0.05, 0) is 39.3 Å². The van der Waals surface area contributed by atoms with Crippen molar-refractivity contribution in [3.05, 3.63) is 61.6 Å². The first-order valence-electron chi connectivity index (χ1n) is 8.29. The Morgan fingerprint density at radius 3 is 2.58 bits per heavy atom. The zero-order valence-electron chi connectivity index (χ0n) is 14.8. The molecule has 0 atom stereocenters. The second-order valence-corrected chi connectivity index (χ2v) is 6.86. The first-order chi connectivity index (χ1) is 12.2. The lowest BCUT2D eigenvalue weighted by Gasteiger charge is -2.29. The third-order valence-corrected chi connectivity index (χ3v) is 4.43. The van der Waals surface area contributed by atoms with Crippen LogP contribution in [0.1, 0.15) is 37.7 Å². The van der Waals surface area contributed by atoms with Crippen LogP contribution in [0.25, 0.3) is 21.9 Å². The highest BCUT2D eigenvalue weighted by Crippen LogP contribution is 2.43. The Morgan fingerprint density at radius 1 is 1.15 bits per heavy atom. The topological polar surface area (TPSA) is 69.7 Å². The van der Waals surface area contributed by atoms with Crippen LogP contribution in [0.15, 0.2) is 30.6 Å². The van der Waals surface area contributed by atoms with E-state index in [1.54, 1.807) is 19.9 Å². The molecule has 0 amide bonds. The standard InChI is InChI=1S/C20H16FO5/c1-5-10-13-17-11(6-7-20(3,4)26-17)16-14(12(22)8-9(2)24-16)18(13)25-19(23)15(10)21/h7-8H,5H2,1-4H3. The average molecular weight is 355 g/mol. The van der Waals surface area contributed by atoms with Gasteiger partial charge >= 0.3 is 5.63 Å². The van der Waals surface area contributed by atoms with E-state index in [4.69, 9.17) is 13.6 Å². The molecule has 26 heavy (non-hydrogen) atoms.